The monoisotopic (exact) mass is 312 g/mol. The fraction of sp³-hybridized carbons (Fsp3) is 0.571. The van der Waals surface area contributed by atoms with Gasteiger partial charge in [-0.3, -0.25) is 0 Å². The van der Waals surface area contributed by atoms with Crippen LogP contribution >= 0.6 is 15.9 Å². The van der Waals surface area contributed by atoms with Crippen molar-refractivity contribution >= 4 is 21.6 Å². The van der Waals surface area contributed by atoms with Crippen LogP contribution in [0.2, 0.25) is 0 Å². The lowest BCUT2D eigenvalue weighted by atomic mass is 10.1. The van der Waals surface area contributed by atoms with Crippen molar-refractivity contribution in [3.05, 3.63) is 28.2 Å². The number of hydrogen-bond donors (Lipinski definition) is 1. The Labute approximate surface area is 117 Å². The number of hydrogen-bond acceptors (Lipinski definition) is 3. The molecule has 0 saturated carbocycles. The summed E-state index contributed by atoms with van der Waals surface area (Å²) in [4.78, 5) is 2.43. The van der Waals surface area contributed by atoms with E-state index in [1.165, 1.54) is 5.69 Å². The van der Waals surface area contributed by atoms with E-state index in [4.69, 9.17) is 10.5 Å². The third kappa shape index (κ3) is 2.87. The van der Waals surface area contributed by atoms with Crippen LogP contribution in [0, 0.1) is 0 Å². The summed E-state index contributed by atoms with van der Waals surface area (Å²) in [5.41, 5.74) is 8.31. The molecule has 18 heavy (non-hydrogen) atoms. The minimum absolute atomic E-state index is 0.0713. The molecule has 0 radical (unpaired) electrons. The maximum atomic E-state index is 5.91. The van der Waals surface area contributed by atoms with Crippen molar-refractivity contribution in [3.8, 4) is 0 Å². The summed E-state index contributed by atoms with van der Waals surface area (Å²) in [7, 11) is 0. The molecule has 1 heterocycles. The molecule has 0 aliphatic carbocycles. The van der Waals surface area contributed by atoms with Crippen molar-refractivity contribution in [2.75, 3.05) is 24.7 Å². The number of nitrogens with zero attached hydrogens (tertiary/aromatic N) is 1. The molecule has 100 valence electrons. The number of rotatable bonds is 3. The Balaban J connectivity index is 2.26. The summed E-state index contributed by atoms with van der Waals surface area (Å²) < 4.78 is 6.67. The zero-order valence-electron chi connectivity index (χ0n) is 11.0. The molecule has 2 N–H and O–H groups in total. The van der Waals surface area contributed by atoms with E-state index in [1.807, 2.05) is 6.92 Å². The first-order valence-electron chi connectivity index (χ1n) is 6.53. The smallest absolute Gasteiger partial charge is 0.0670 e. The van der Waals surface area contributed by atoms with Gasteiger partial charge in [-0.25, -0.2) is 0 Å². The summed E-state index contributed by atoms with van der Waals surface area (Å²) in [5, 5.41) is 0. The van der Waals surface area contributed by atoms with Gasteiger partial charge in [0.05, 0.1) is 24.9 Å². The number of halogens is 1. The third-order valence-corrected chi connectivity index (χ3v) is 4.14. The second-order valence-electron chi connectivity index (χ2n) is 4.83. The normalized spacial score (nSPS) is 22.0. The molecule has 1 aromatic rings. The first-order valence-corrected chi connectivity index (χ1v) is 7.32. The molecule has 2 atom stereocenters. The lowest BCUT2D eigenvalue weighted by molar-refractivity contribution is 0.0929. The van der Waals surface area contributed by atoms with Crippen LogP contribution in [0.25, 0.3) is 0 Å². The molecule has 2 rings (SSSR count). The molecular formula is C14H21BrN2O. The van der Waals surface area contributed by atoms with Gasteiger partial charge in [-0.2, -0.15) is 0 Å². The Morgan fingerprint density at radius 3 is 2.94 bits per heavy atom. The Bertz CT molecular complexity index is 409. The number of benzene rings is 1. The fourth-order valence-electron chi connectivity index (χ4n) is 2.35. The van der Waals surface area contributed by atoms with E-state index < -0.39 is 0 Å². The molecule has 1 fully saturated rings. The number of anilines is 1. The van der Waals surface area contributed by atoms with E-state index in [-0.39, 0.29) is 6.04 Å². The van der Waals surface area contributed by atoms with Crippen LogP contribution in [-0.2, 0) is 4.74 Å². The molecular weight excluding hydrogens is 292 g/mol. The zero-order valence-corrected chi connectivity index (χ0v) is 12.6. The van der Waals surface area contributed by atoms with Gasteiger partial charge in [-0.05, 0) is 47.0 Å². The van der Waals surface area contributed by atoms with Gasteiger partial charge in [-0.15, -0.1) is 0 Å². The second-order valence-corrected chi connectivity index (χ2v) is 5.68. The number of ether oxygens (including phenoxy) is 1. The maximum absolute atomic E-state index is 5.91. The van der Waals surface area contributed by atoms with E-state index >= 15 is 0 Å². The van der Waals surface area contributed by atoms with E-state index in [1.54, 1.807) is 0 Å². The number of nitrogens with two attached hydrogens (primary N) is 1. The van der Waals surface area contributed by atoms with Crippen LogP contribution in [0.4, 0.5) is 5.69 Å². The largest absolute Gasteiger partial charge is 0.377 e. The van der Waals surface area contributed by atoms with Crippen LogP contribution in [0.5, 0.6) is 0 Å². The topological polar surface area (TPSA) is 38.5 Å². The van der Waals surface area contributed by atoms with Crippen LogP contribution < -0.4 is 10.6 Å². The Morgan fingerprint density at radius 1 is 1.56 bits per heavy atom. The van der Waals surface area contributed by atoms with Gasteiger partial charge in [0.2, 0.25) is 0 Å². The highest BCUT2D eigenvalue weighted by atomic mass is 79.9. The minimum atomic E-state index is 0.0713. The van der Waals surface area contributed by atoms with Crippen LogP contribution in [0.1, 0.15) is 31.9 Å². The Kier molecular flexibility index (Phi) is 4.65. The SMILES string of the molecule is CCC1COCCN1c1ccc([C@@H](C)N)cc1Br. The van der Waals surface area contributed by atoms with Crippen molar-refractivity contribution in [3.63, 3.8) is 0 Å². The molecule has 1 saturated heterocycles. The predicted molar refractivity (Wildman–Crippen MR) is 79.0 cm³/mol. The van der Waals surface area contributed by atoms with Crippen molar-refractivity contribution < 1.29 is 4.74 Å². The lowest BCUT2D eigenvalue weighted by Crippen LogP contribution is -2.45. The zero-order chi connectivity index (χ0) is 13.1. The van der Waals surface area contributed by atoms with E-state index in [2.05, 4.69) is 46.0 Å². The highest BCUT2D eigenvalue weighted by molar-refractivity contribution is 9.10. The van der Waals surface area contributed by atoms with Gasteiger partial charge in [0, 0.05) is 17.1 Å². The van der Waals surface area contributed by atoms with E-state index in [0.29, 0.717) is 6.04 Å². The first-order chi connectivity index (χ1) is 8.63. The van der Waals surface area contributed by atoms with Gasteiger partial charge in [-0.1, -0.05) is 13.0 Å². The summed E-state index contributed by atoms with van der Waals surface area (Å²) in [5.74, 6) is 0. The highest BCUT2D eigenvalue weighted by Crippen LogP contribution is 2.31. The van der Waals surface area contributed by atoms with Crippen LogP contribution in [0.15, 0.2) is 22.7 Å². The predicted octanol–water partition coefficient (Wildman–Crippen LogP) is 3.08. The first kappa shape index (κ1) is 13.8. The summed E-state index contributed by atoms with van der Waals surface area (Å²) in [6.45, 7) is 6.78. The molecule has 1 aliphatic rings. The maximum Gasteiger partial charge on any atom is 0.0670 e. The molecule has 1 aromatic carbocycles. The highest BCUT2D eigenvalue weighted by Gasteiger charge is 2.23. The Morgan fingerprint density at radius 2 is 2.33 bits per heavy atom. The fourth-order valence-corrected chi connectivity index (χ4v) is 2.97. The molecule has 1 unspecified atom stereocenters. The standard InChI is InChI=1S/C14H21BrN2O/c1-3-12-9-18-7-6-17(12)14-5-4-11(10(2)16)8-13(14)15/h4-5,8,10,12H,3,6-7,9,16H2,1-2H3/t10-,12?/m1/s1. The molecule has 0 aromatic heterocycles. The van der Waals surface area contributed by atoms with Gasteiger partial charge < -0.3 is 15.4 Å². The van der Waals surface area contributed by atoms with Crippen molar-refractivity contribution in [1.82, 2.24) is 0 Å². The van der Waals surface area contributed by atoms with Gasteiger partial charge in [0.15, 0.2) is 0 Å². The van der Waals surface area contributed by atoms with Crippen molar-refractivity contribution in [2.45, 2.75) is 32.4 Å². The van der Waals surface area contributed by atoms with Crippen LogP contribution in [0.3, 0.4) is 0 Å². The summed E-state index contributed by atoms with van der Waals surface area (Å²) >= 11 is 3.67. The van der Waals surface area contributed by atoms with E-state index in [0.717, 1.165) is 36.2 Å². The average molecular weight is 313 g/mol. The van der Waals surface area contributed by atoms with Crippen molar-refractivity contribution in [2.24, 2.45) is 5.73 Å². The Hall–Kier alpha value is -0.580. The second kappa shape index (κ2) is 6.04. The third-order valence-electron chi connectivity index (χ3n) is 3.51. The quantitative estimate of drug-likeness (QED) is 0.932. The summed E-state index contributed by atoms with van der Waals surface area (Å²) in [6.07, 6.45) is 1.10. The van der Waals surface area contributed by atoms with Gasteiger partial charge >= 0.3 is 0 Å². The lowest BCUT2D eigenvalue weighted by Gasteiger charge is -2.37. The van der Waals surface area contributed by atoms with Crippen LogP contribution in [-0.4, -0.2) is 25.8 Å². The van der Waals surface area contributed by atoms with E-state index in [9.17, 15) is 0 Å². The molecule has 0 spiro atoms. The van der Waals surface area contributed by atoms with Crippen molar-refractivity contribution in [1.29, 1.82) is 0 Å². The minimum Gasteiger partial charge on any atom is -0.377 e. The number of morpholine rings is 1. The van der Waals surface area contributed by atoms with Gasteiger partial charge in [0.25, 0.3) is 0 Å². The van der Waals surface area contributed by atoms with Gasteiger partial charge in [0.1, 0.15) is 0 Å². The molecule has 3 nitrogen and oxygen atoms in total. The molecule has 0 bridgehead atoms. The molecule has 4 heteroatoms. The summed E-state index contributed by atoms with van der Waals surface area (Å²) in [6, 6.07) is 6.95. The molecule has 0 amide bonds. The molecule has 1 aliphatic heterocycles. The average Bonchev–Trinajstić information content (AvgIpc) is 2.38.